The molecular formula is C26H23N. The Bertz CT molecular complexity index is 1250. The first-order chi connectivity index (χ1) is 13.0. The Morgan fingerprint density at radius 1 is 0.593 bits per heavy atom. The van der Waals surface area contributed by atoms with Crippen LogP contribution in [0.1, 0.15) is 26.3 Å². The van der Waals surface area contributed by atoms with Crippen molar-refractivity contribution in [3.8, 4) is 5.69 Å². The molecule has 0 bridgehead atoms. The molecular weight excluding hydrogens is 326 g/mol. The molecule has 0 saturated carbocycles. The summed E-state index contributed by atoms with van der Waals surface area (Å²) in [5, 5.41) is 5.18. The van der Waals surface area contributed by atoms with E-state index < -0.39 is 0 Å². The summed E-state index contributed by atoms with van der Waals surface area (Å²) >= 11 is 0. The third-order valence-corrected chi connectivity index (χ3v) is 5.53. The Labute approximate surface area is 159 Å². The molecule has 1 heteroatoms. The molecule has 0 aliphatic heterocycles. The van der Waals surface area contributed by atoms with Crippen LogP contribution in [0.3, 0.4) is 0 Å². The summed E-state index contributed by atoms with van der Waals surface area (Å²) in [7, 11) is 0. The van der Waals surface area contributed by atoms with Gasteiger partial charge in [0.25, 0.3) is 0 Å². The van der Waals surface area contributed by atoms with Crippen molar-refractivity contribution >= 4 is 32.6 Å². The summed E-state index contributed by atoms with van der Waals surface area (Å²) in [6, 6.07) is 31.0. The number of aromatic nitrogens is 1. The van der Waals surface area contributed by atoms with Gasteiger partial charge in [-0.2, -0.15) is 0 Å². The van der Waals surface area contributed by atoms with Gasteiger partial charge in [0.2, 0.25) is 0 Å². The fourth-order valence-corrected chi connectivity index (χ4v) is 4.04. The molecule has 0 N–H and O–H groups in total. The van der Waals surface area contributed by atoms with Crippen molar-refractivity contribution < 1.29 is 0 Å². The molecule has 0 radical (unpaired) electrons. The summed E-state index contributed by atoms with van der Waals surface area (Å²) in [6.07, 6.45) is 0. The van der Waals surface area contributed by atoms with Gasteiger partial charge in [0, 0.05) is 16.5 Å². The highest BCUT2D eigenvalue weighted by molar-refractivity contribution is 6.09. The molecule has 0 spiro atoms. The van der Waals surface area contributed by atoms with Crippen LogP contribution in [-0.4, -0.2) is 4.57 Å². The van der Waals surface area contributed by atoms with Gasteiger partial charge in [-0.1, -0.05) is 81.4 Å². The summed E-state index contributed by atoms with van der Waals surface area (Å²) in [4.78, 5) is 0. The molecule has 1 nitrogen and oxygen atoms in total. The van der Waals surface area contributed by atoms with Crippen LogP contribution < -0.4 is 0 Å². The second-order valence-corrected chi connectivity index (χ2v) is 8.37. The first kappa shape index (κ1) is 16.1. The molecule has 5 aromatic rings. The van der Waals surface area contributed by atoms with Gasteiger partial charge in [0.1, 0.15) is 0 Å². The van der Waals surface area contributed by atoms with E-state index in [0.717, 1.165) is 0 Å². The fourth-order valence-electron chi connectivity index (χ4n) is 4.04. The van der Waals surface area contributed by atoms with E-state index in [4.69, 9.17) is 0 Å². The first-order valence-electron chi connectivity index (χ1n) is 9.55. The van der Waals surface area contributed by atoms with Gasteiger partial charge >= 0.3 is 0 Å². The molecule has 1 aromatic heterocycles. The van der Waals surface area contributed by atoms with Gasteiger partial charge in [0.05, 0.1) is 11.0 Å². The van der Waals surface area contributed by atoms with Crippen LogP contribution in [0.25, 0.3) is 38.3 Å². The lowest BCUT2D eigenvalue weighted by Gasteiger charge is -2.19. The first-order valence-corrected chi connectivity index (χ1v) is 9.55. The van der Waals surface area contributed by atoms with Crippen molar-refractivity contribution in [2.45, 2.75) is 26.2 Å². The highest BCUT2D eigenvalue weighted by atomic mass is 15.0. The second kappa shape index (κ2) is 5.72. The van der Waals surface area contributed by atoms with Crippen molar-refractivity contribution in [1.29, 1.82) is 0 Å². The van der Waals surface area contributed by atoms with Crippen molar-refractivity contribution in [2.75, 3.05) is 0 Å². The van der Waals surface area contributed by atoms with Crippen molar-refractivity contribution in [1.82, 2.24) is 4.57 Å². The van der Waals surface area contributed by atoms with Gasteiger partial charge in [-0.15, -0.1) is 0 Å². The van der Waals surface area contributed by atoms with Crippen molar-refractivity contribution in [3.63, 3.8) is 0 Å². The number of para-hydroxylation sites is 2. The third-order valence-electron chi connectivity index (χ3n) is 5.53. The molecule has 1 heterocycles. The number of fused-ring (bicyclic) bond motifs is 4. The average molecular weight is 349 g/mol. The van der Waals surface area contributed by atoms with Gasteiger partial charge in [-0.25, -0.2) is 0 Å². The quantitative estimate of drug-likeness (QED) is 0.301. The largest absolute Gasteiger partial charge is 0.309 e. The van der Waals surface area contributed by atoms with Gasteiger partial charge in [-0.05, 0) is 46.0 Å². The number of hydrogen-bond acceptors (Lipinski definition) is 0. The molecule has 4 aromatic carbocycles. The van der Waals surface area contributed by atoms with E-state index in [-0.39, 0.29) is 5.41 Å². The minimum absolute atomic E-state index is 0.166. The lowest BCUT2D eigenvalue weighted by Crippen LogP contribution is -2.10. The number of hydrogen-bond donors (Lipinski definition) is 0. The number of benzene rings is 4. The zero-order valence-electron chi connectivity index (χ0n) is 16.0. The molecule has 0 amide bonds. The predicted octanol–water partition coefficient (Wildman–Crippen LogP) is 7.23. The second-order valence-electron chi connectivity index (χ2n) is 8.37. The summed E-state index contributed by atoms with van der Waals surface area (Å²) < 4.78 is 2.38. The maximum atomic E-state index is 2.38. The smallest absolute Gasteiger partial charge is 0.0541 e. The van der Waals surface area contributed by atoms with Gasteiger partial charge < -0.3 is 4.57 Å². The predicted molar refractivity (Wildman–Crippen MR) is 117 cm³/mol. The lowest BCUT2D eigenvalue weighted by atomic mass is 9.86. The fraction of sp³-hybridized carbons (Fsp3) is 0.154. The lowest BCUT2D eigenvalue weighted by molar-refractivity contribution is 0.591. The van der Waals surface area contributed by atoms with Crippen LogP contribution >= 0.6 is 0 Å². The normalized spacial score (nSPS) is 12.3. The molecule has 0 atom stereocenters. The number of nitrogens with zero attached hydrogens (tertiary/aromatic N) is 1. The molecule has 0 fully saturated rings. The van der Waals surface area contributed by atoms with Gasteiger partial charge in [-0.3, -0.25) is 0 Å². The van der Waals surface area contributed by atoms with E-state index >= 15 is 0 Å². The Morgan fingerprint density at radius 3 is 1.78 bits per heavy atom. The Balaban J connectivity index is 1.78. The molecule has 5 rings (SSSR count). The third kappa shape index (κ3) is 2.54. The summed E-state index contributed by atoms with van der Waals surface area (Å²) in [5.41, 5.74) is 5.26. The standard InChI is InChI=1S/C26H23N/c1-26(2,3)20-14-12-19-17-21(15-13-18(19)16-20)27-24-10-6-4-8-22(24)23-9-5-7-11-25(23)27/h4-17H,1-3H3. The maximum Gasteiger partial charge on any atom is 0.0541 e. The van der Waals surface area contributed by atoms with Crippen molar-refractivity contribution in [2.24, 2.45) is 0 Å². The van der Waals surface area contributed by atoms with E-state index in [1.165, 1.54) is 43.8 Å². The summed E-state index contributed by atoms with van der Waals surface area (Å²) in [6.45, 7) is 6.79. The van der Waals surface area contributed by atoms with E-state index in [0.29, 0.717) is 0 Å². The van der Waals surface area contributed by atoms with Crippen LogP contribution in [0.15, 0.2) is 84.9 Å². The highest BCUT2D eigenvalue weighted by Crippen LogP contribution is 2.33. The monoisotopic (exact) mass is 349 g/mol. The number of rotatable bonds is 1. The average Bonchev–Trinajstić information content (AvgIpc) is 3.01. The van der Waals surface area contributed by atoms with E-state index in [2.05, 4.69) is 110 Å². The van der Waals surface area contributed by atoms with Gasteiger partial charge in [0.15, 0.2) is 0 Å². The van der Waals surface area contributed by atoms with E-state index in [9.17, 15) is 0 Å². The molecule has 0 saturated heterocycles. The van der Waals surface area contributed by atoms with Crippen LogP contribution in [0.2, 0.25) is 0 Å². The molecule has 132 valence electrons. The topological polar surface area (TPSA) is 4.93 Å². The van der Waals surface area contributed by atoms with Crippen LogP contribution in [0.5, 0.6) is 0 Å². The van der Waals surface area contributed by atoms with E-state index in [1.54, 1.807) is 0 Å². The minimum Gasteiger partial charge on any atom is -0.309 e. The van der Waals surface area contributed by atoms with Crippen LogP contribution in [0, 0.1) is 0 Å². The zero-order valence-corrected chi connectivity index (χ0v) is 16.0. The summed E-state index contributed by atoms with van der Waals surface area (Å²) in [5.74, 6) is 0. The minimum atomic E-state index is 0.166. The SMILES string of the molecule is CC(C)(C)c1ccc2cc(-n3c4ccccc4c4ccccc43)ccc2c1. The molecule has 0 aliphatic rings. The Kier molecular flexibility index (Phi) is 3.42. The van der Waals surface area contributed by atoms with E-state index in [1.807, 2.05) is 0 Å². The molecule has 0 unspecified atom stereocenters. The molecule has 27 heavy (non-hydrogen) atoms. The van der Waals surface area contributed by atoms with Crippen LogP contribution in [0.4, 0.5) is 0 Å². The highest BCUT2D eigenvalue weighted by Gasteiger charge is 2.15. The Hall–Kier alpha value is -3.06. The zero-order chi connectivity index (χ0) is 18.6. The van der Waals surface area contributed by atoms with Crippen molar-refractivity contribution in [3.05, 3.63) is 90.5 Å². The maximum absolute atomic E-state index is 2.38. The van der Waals surface area contributed by atoms with Crippen LogP contribution in [-0.2, 0) is 5.41 Å². The Morgan fingerprint density at radius 2 is 1.15 bits per heavy atom. The molecule has 0 aliphatic carbocycles.